The number of Topliss-reactive ketones (excluding diaryl/α,β-unsaturated/α-hetero) is 1. The average molecular weight is 492 g/mol. The van der Waals surface area contributed by atoms with Gasteiger partial charge < -0.3 is 29.8 Å². The van der Waals surface area contributed by atoms with Gasteiger partial charge in [-0.25, -0.2) is 0 Å². The highest BCUT2D eigenvalue weighted by Crippen LogP contribution is 2.39. The van der Waals surface area contributed by atoms with E-state index in [1.165, 1.54) is 0 Å². The number of aryl methyl sites for hydroxylation is 1. The predicted octanol–water partition coefficient (Wildman–Crippen LogP) is 4.68. The summed E-state index contributed by atoms with van der Waals surface area (Å²) in [6, 6.07) is 11.1. The van der Waals surface area contributed by atoms with E-state index in [9.17, 15) is 9.59 Å². The summed E-state index contributed by atoms with van der Waals surface area (Å²) in [6.45, 7) is 6.60. The third kappa shape index (κ3) is 4.63. The van der Waals surface area contributed by atoms with Gasteiger partial charge in [0, 0.05) is 41.3 Å². The first-order valence-electron chi connectivity index (χ1n) is 11.8. The Morgan fingerprint density at radius 3 is 2.28 bits per heavy atom. The Kier molecular flexibility index (Phi) is 6.71. The van der Waals surface area contributed by atoms with E-state index >= 15 is 0 Å². The molecule has 190 valence electrons. The van der Waals surface area contributed by atoms with Gasteiger partial charge in [0.2, 0.25) is 5.75 Å². The molecule has 8 nitrogen and oxygen atoms in total. The number of methoxy groups -OCH3 is 3. The first-order chi connectivity index (χ1) is 17.1. The quantitative estimate of drug-likeness (QED) is 0.474. The van der Waals surface area contributed by atoms with Crippen molar-refractivity contribution in [1.82, 2.24) is 4.57 Å². The second kappa shape index (κ2) is 9.60. The number of primary amides is 1. The first-order valence-corrected chi connectivity index (χ1v) is 11.8. The van der Waals surface area contributed by atoms with Crippen LogP contribution < -0.4 is 25.3 Å². The van der Waals surface area contributed by atoms with E-state index in [-0.39, 0.29) is 11.2 Å². The fraction of sp³-hybridized carbons (Fsp3) is 0.357. The molecule has 0 unspecified atom stereocenters. The van der Waals surface area contributed by atoms with Crippen LogP contribution in [0.3, 0.4) is 0 Å². The SMILES string of the molecule is COc1cc(CNc2cc(-n3c(C)cc4c3CC(C)(C)CC4=O)ccc2C(N)=O)cc(OC)c1OC. The summed E-state index contributed by atoms with van der Waals surface area (Å²) in [5, 5.41) is 3.34. The molecular weight excluding hydrogens is 458 g/mol. The Balaban J connectivity index is 1.73. The summed E-state index contributed by atoms with van der Waals surface area (Å²) in [5.41, 5.74) is 11.0. The third-order valence-electron chi connectivity index (χ3n) is 6.61. The molecule has 1 aliphatic rings. The zero-order valence-corrected chi connectivity index (χ0v) is 21.7. The first kappa shape index (κ1) is 25.2. The minimum absolute atomic E-state index is 0.118. The van der Waals surface area contributed by atoms with Crippen molar-refractivity contribution in [2.75, 3.05) is 26.6 Å². The average Bonchev–Trinajstić information content (AvgIpc) is 3.16. The maximum atomic E-state index is 12.8. The molecule has 1 heterocycles. The highest BCUT2D eigenvalue weighted by atomic mass is 16.5. The minimum Gasteiger partial charge on any atom is -0.493 e. The normalized spacial score (nSPS) is 14.2. The standard InChI is InChI=1S/C28H33N3O5/c1-16-9-20-22(13-28(2,3)14-23(20)32)31(16)18-7-8-19(27(29)33)21(12-18)30-15-17-10-24(34-4)26(36-6)25(11-17)35-5/h7-12,30H,13-15H2,1-6H3,(H2,29,33). The maximum absolute atomic E-state index is 12.8. The number of fused-ring (bicyclic) bond motifs is 1. The van der Waals surface area contributed by atoms with Crippen molar-refractivity contribution in [2.45, 2.75) is 40.2 Å². The van der Waals surface area contributed by atoms with E-state index in [4.69, 9.17) is 19.9 Å². The number of anilines is 1. The maximum Gasteiger partial charge on any atom is 0.250 e. The number of hydrogen-bond donors (Lipinski definition) is 2. The molecule has 3 aromatic rings. The molecule has 1 aliphatic carbocycles. The number of nitrogens with two attached hydrogens (primary N) is 1. The number of benzene rings is 2. The zero-order chi connectivity index (χ0) is 26.2. The van der Waals surface area contributed by atoms with Gasteiger partial charge in [0.05, 0.1) is 26.9 Å². The summed E-state index contributed by atoms with van der Waals surface area (Å²) in [7, 11) is 4.68. The molecule has 0 saturated carbocycles. The minimum atomic E-state index is -0.531. The summed E-state index contributed by atoms with van der Waals surface area (Å²) >= 11 is 0. The van der Waals surface area contributed by atoms with Crippen LogP contribution in [0.4, 0.5) is 5.69 Å². The van der Waals surface area contributed by atoms with Crippen LogP contribution in [-0.2, 0) is 13.0 Å². The number of nitrogens with one attached hydrogen (secondary N) is 1. The number of amides is 1. The van der Waals surface area contributed by atoms with Crippen LogP contribution in [-0.4, -0.2) is 37.6 Å². The lowest BCUT2D eigenvalue weighted by molar-refractivity contribution is 0.0910. The van der Waals surface area contributed by atoms with Gasteiger partial charge in [-0.15, -0.1) is 0 Å². The lowest BCUT2D eigenvalue weighted by Gasteiger charge is -2.30. The number of nitrogens with zero attached hydrogens (tertiary/aromatic N) is 1. The number of rotatable bonds is 8. The molecule has 0 fully saturated rings. The van der Waals surface area contributed by atoms with Gasteiger partial charge in [-0.2, -0.15) is 0 Å². The number of aromatic nitrogens is 1. The van der Waals surface area contributed by atoms with Crippen LogP contribution in [0.25, 0.3) is 5.69 Å². The second-order valence-corrected chi connectivity index (χ2v) is 9.90. The van der Waals surface area contributed by atoms with Crippen molar-refractivity contribution in [2.24, 2.45) is 11.1 Å². The third-order valence-corrected chi connectivity index (χ3v) is 6.61. The lowest BCUT2D eigenvalue weighted by atomic mass is 9.76. The summed E-state index contributed by atoms with van der Waals surface area (Å²) in [4.78, 5) is 25.0. The molecule has 0 bridgehead atoms. The predicted molar refractivity (Wildman–Crippen MR) is 139 cm³/mol. The molecule has 2 aromatic carbocycles. The Hall–Kier alpha value is -3.94. The molecule has 0 radical (unpaired) electrons. The van der Waals surface area contributed by atoms with E-state index < -0.39 is 5.91 Å². The van der Waals surface area contributed by atoms with Crippen LogP contribution >= 0.6 is 0 Å². The van der Waals surface area contributed by atoms with E-state index in [2.05, 4.69) is 23.7 Å². The van der Waals surface area contributed by atoms with Crippen LogP contribution in [0.15, 0.2) is 36.4 Å². The molecule has 36 heavy (non-hydrogen) atoms. The van der Waals surface area contributed by atoms with Crippen LogP contribution in [0.5, 0.6) is 17.2 Å². The number of hydrogen-bond acceptors (Lipinski definition) is 6. The highest BCUT2D eigenvalue weighted by Gasteiger charge is 2.34. The Morgan fingerprint density at radius 2 is 1.69 bits per heavy atom. The van der Waals surface area contributed by atoms with Crippen molar-refractivity contribution in [3.63, 3.8) is 0 Å². The van der Waals surface area contributed by atoms with Gasteiger partial charge in [0.1, 0.15) is 0 Å². The molecule has 3 N–H and O–H groups in total. The van der Waals surface area contributed by atoms with Gasteiger partial charge in [-0.3, -0.25) is 9.59 Å². The van der Waals surface area contributed by atoms with Gasteiger partial charge in [-0.05, 0) is 60.7 Å². The van der Waals surface area contributed by atoms with Crippen LogP contribution in [0.1, 0.15) is 57.9 Å². The molecule has 0 spiro atoms. The van der Waals surface area contributed by atoms with E-state index in [1.807, 2.05) is 37.3 Å². The monoisotopic (exact) mass is 491 g/mol. The highest BCUT2D eigenvalue weighted by molar-refractivity contribution is 6.00. The molecule has 0 atom stereocenters. The van der Waals surface area contributed by atoms with Crippen LogP contribution in [0.2, 0.25) is 0 Å². The van der Waals surface area contributed by atoms with Gasteiger partial charge in [0.15, 0.2) is 17.3 Å². The molecule has 0 aliphatic heterocycles. The molecule has 1 aromatic heterocycles. The largest absolute Gasteiger partial charge is 0.493 e. The van der Waals surface area contributed by atoms with E-state index in [0.29, 0.717) is 41.5 Å². The fourth-order valence-corrected chi connectivity index (χ4v) is 4.98. The van der Waals surface area contributed by atoms with Crippen molar-refractivity contribution < 1.29 is 23.8 Å². The number of ketones is 1. The van der Waals surface area contributed by atoms with Crippen LogP contribution in [0, 0.1) is 12.3 Å². The summed E-state index contributed by atoms with van der Waals surface area (Å²) in [5.74, 6) is 1.22. The molecule has 4 rings (SSSR count). The number of carbonyl (C=O) groups excluding carboxylic acids is 2. The molecule has 1 amide bonds. The number of carbonyl (C=O) groups is 2. The smallest absolute Gasteiger partial charge is 0.250 e. The molecular formula is C28H33N3O5. The Morgan fingerprint density at radius 1 is 1.03 bits per heavy atom. The van der Waals surface area contributed by atoms with Crippen molar-refractivity contribution in [3.05, 3.63) is 64.5 Å². The summed E-state index contributed by atoms with van der Waals surface area (Å²) in [6.07, 6.45) is 1.32. The van der Waals surface area contributed by atoms with Crippen molar-refractivity contribution in [3.8, 4) is 22.9 Å². The molecule has 0 saturated heterocycles. The zero-order valence-electron chi connectivity index (χ0n) is 21.7. The van der Waals surface area contributed by atoms with E-state index in [0.717, 1.165) is 34.6 Å². The van der Waals surface area contributed by atoms with Crippen molar-refractivity contribution in [1.29, 1.82) is 0 Å². The fourth-order valence-electron chi connectivity index (χ4n) is 4.98. The van der Waals surface area contributed by atoms with Crippen molar-refractivity contribution >= 4 is 17.4 Å². The van der Waals surface area contributed by atoms with E-state index in [1.54, 1.807) is 27.4 Å². The number of ether oxygens (including phenoxy) is 3. The second-order valence-electron chi connectivity index (χ2n) is 9.90. The summed E-state index contributed by atoms with van der Waals surface area (Å²) < 4.78 is 18.4. The van der Waals surface area contributed by atoms with Gasteiger partial charge in [-0.1, -0.05) is 13.8 Å². The Labute approximate surface area is 211 Å². The van der Waals surface area contributed by atoms with Gasteiger partial charge >= 0.3 is 0 Å². The van der Waals surface area contributed by atoms with Gasteiger partial charge in [0.25, 0.3) is 5.91 Å². The topological polar surface area (TPSA) is 105 Å². The molecule has 8 heteroatoms. The Bertz CT molecular complexity index is 1310. The lowest BCUT2D eigenvalue weighted by Crippen LogP contribution is -2.27.